The van der Waals surface area contributed by atoms with Gasteiger partial charge in [-0.15, -0.1) is 0 Å². The van der Waals surface area contributed by atoms with Crippen molar-refractivity contribution in [2.75, 3.05) is 7.11 Å². The summed E-state index contributed by atoms with van der Waals surface area (Å²) in [5, 5.41) is 3.11. The zero-order chi connectivity index (χ0) is 15.8. The van der Waals surface area contributed by atoms with Crippen molar-refractivity contribution in [1.82, 2.24) is 15.3 Å². The molecule has 2 rings (SSSR count). The minimum absolute atomic E-state index is 0.106. The number of nitrogens with one attached hydrogen (secondary N) is 1. The van der Waals surface area contributed by atoms with Crippen LogP contribution < -0.4 is 14.8 Å². The minimum atomic E-state index is 0.106. The Balaban J connectivity index is 1.76. The lowest BCUT2D eigenvalue weighted by molar-refractivity contribution is -0.122. The van der Waals surface area contributed by atoms with Crippen LogP contribution in [0.5, 0.6) is 11.8 Å². The molecule has 1 heterocycles. The largest absolute Gasteiger partial charge is 0.477 e. The van der Waals surface area contributed by atoms with Crippen molar-refractivity contribution in [3.63, 3.8) is 0 Å². The molecule has 0 aromatic carbocycles. The molecule has 1 aliphatic carbocycles. The normalized spacial score (nSPS) is 21.2. The third-order valence-electron chi connectivity index (χ3n) is 3.90. The molecule has 1 aromatic rings. The zero-order valence-electron chi connectivity index (χ0n) is 13.4. The van der Waals surface area contributed by atoms with Crippen molar-refractivity contribution in [2.45, 2.75) is 64.0 Å². The summed E-state index contributed by atoms with van der Waals surface area (Å²) in [7, 11) is 1.56. The second-order valence-corrected chi connectivity index (χ2v) is 5.63. The summed E-state index contributed by atoms with van der Waals surface area (Å²) >= 11 is 0. The van der Waals surface area contributed by atoms with E-state index in [2.05, 4.69) is 22.2 Å². The van der Waals surface area contributed by atoms with Gasteiger partial charge < -0.3 is 14.8 Å². The van der Waals surface area contributed by atoms with Crippen LogP contribution in [0.4, 0.5) is 0 Å². The molecule has 1 fully saturated rings. The van der Waals surface area contributed by atoms with Crippen LogP contribution in [0.1, 0.15) is 51.9 Å². The Kier molecular flexibility index (Phi) is 6.43. The molecule has 0 bridgehead atoms. The topological polar surface area (TPSA) is 73.3 Å². The Hall–Kier alpha value is -1.85. The van der Waals surface area contributed by atoms with E-state index in [1.807, 2.05) is 0 Å². The van der Waals surface area contributed by atoms with E-state index in [1.165, 1.54) is 0 Å². The summed E-state index contributed by atoms with van der Waals surface area (Å²) in [6.45, 7) is 2.09. The van der Waals surface area contributed by atoms with Crippen LogP contribution >= 0.6 is 0 Å². The molecule has 6 nitrogen and oxygen atoms in total. The van der Waals surface area contributed by atoms with Crippen LogP contribution in [0.3, 0.4) is 0 Å². The van der Waals surface area contributed by atoms with Crippen molar-refractivity contribution in [3.05, 3.63) is 12.4 Å². The van der Waals surface area contributed by atoms with Crippen LogP contribution in [0.25, 0.3) is 0 Å². The number of unbranched alkanes of at least 4 members (excludes halogenated alkanes) is 1. The highest BCUT2D eigenvalue weighted by molar-refractivity contribution is 5.76. The molecule has 0 saturated heterocycles. The third-order valence-corrected chi connectivity index (χ3v) is 3.90. The van der Waals surface area contributed by atoms with Gasteiger partial charge in [0.25, 0.3) is 11.8 Å². The fourth-order valence-corrected chi connectivity index (χ4v) is 2.65. The standard InChI is InChI=1S/C16H25N3O3/c1-3-4-5-14(20)19-12-6-8-13(9-7-12)22-16-15(21-2)17-10-11-18-16/h10-13H,3-9H2,1-2H3,(H,19,20). The van der Waals surface area contributed by atoms with Gasteiger partial charge in [-0.05, 0) is 32.1 Å². The lowest BCUT2D eigenvalue weighted by Gasteiger charge is -2.29. The van der Waals surface area contributed by atoms with Gasteiger partial charge in [0.2, 0.25) is 5.91 Å². The Morgan fingerprint density at radius 1 is 1.23 bits per heavy atom. The molecule has 122 valence electrons. The van der Waals surface area contributed by atoms with Crippen molar-refractivity contribution >= 4 is 5.91 Å². The fraction of sp³-hybridized carbons (Fsp3) is 0.688. The predicted molar refractivity (Wildman–Crippen MR) is 82.9 cm³/mol. The van der Waals surface area contributed by atoms with E-state index >= 15 is 0 Å². The van der Waals surface area contributed by atoms with Gasteiger partial charge in [-0.1, -0.05) is 13.3 Å². The van der Waals surface area contributed by atoms with Crippen molar-refractivity contribution in [3.8, 4) is 11.8 Å². The van der Waals surface area contributed by atoms with Gasteiger partial charge in [0.1, 0.15) is 6.10 Å². The average molecular weight is 307 g/mol. The molecule has 0 radical (unpaired) electrons. The molecule has 0 atom stereocenters. The first-order valence-corrected chi connectivity index (χ1v) is 8.04. The molecule has 0 spiro atoms. The first-order valence-electron chi connectivity index (χ1n) is 8.04. The third kappa shape index (κ3) is 4.86. The van der Waals surface area contributed by atoms with Gasteiger partial charge >= 0.3 is 0 Å². The second-order valence-electron chi connectivity index (χ2n) is 5.63. The number of hydrogen-bond donors (Lipinski definition) is 1. The molecular formula is C16H25N3O3. The number of nitrogens with zero attached hydrogens (tertiary/aromatic N) is 2. The van der Waals surface area contributed by atoms with Crippen LogP contribution in [0, 0.1) is 0 Å². The number of ether oxygens (including phenoxy) is 2. The highest BCUT2D eigenvalue weighted by Crippen LogP contribution is 2.27. The number of amides is 1. The highest BCUT2D eigenvalue weighted by Gasteiger charge is 2.24. The first-order chi connectivity index (χ1) is 10.7. The summed E-state index contributed by atoms with van der Waals surface area (Å²) in [4.78, 5) is 20.0. The maximum absolute atomic E-state index is 11.7. The fourth-order valence-electron chi connectivity index (χ4n) is 2.65. The van der Waals surface area contributed by atoms with E-state index in [9.17, 15) is 4.79 Å². The highest BCUT2D eigenvalue weighted by atomic mass is 16.5. The SMILES string of the molecule is CCCCC(=O)NC1CCC(Oc2nccnc2OC)CC1. The molecule has 0 unspecified atom stereocenters. The van der Waals surface area contributed by atoms with Crippen LogP contribution in [0.2, 0.25) is 0 Å². The maximum Gasteiger partial charge on any atom is 0.278 e. The maximum atomic E-state index is 11.7. The Labute approximate surface area is 131 Å². The van der Waals surface area contributed by atoms with Gasteiger partial charge in [0.15, 0.2) is 0 Å². The van der Waals surface area contributed by atoms with E-state index in [1.54, 1.807) is 19.5 Å². The summed E-state index contributed by atoms with van der Waals surface area (Å²) in [6, 6.07) is 0.271. The average Bonchev–Trinajstić information content (AvgIpc) is 2.55. The molecule has 1 amide bonds. The Morgan fingerprint density at radius 2 is 1.91 bits per heavy atom. The van der Waals surface area contributed by atoms with Crippen LogP contribution in [0.15, 0.2) is 12.4 Å². The van der Waals surface area contributed by atoms with Gasteiger partial charge in [0, 0.05) is 24.9 Å². The molecular weight excluding hydrogens is 282 g/mol. The Bertz CT molecular complexity index is 473. The van der Waals surface area contributed by atoms with Crippen molar-refractivity contribution < 1.29 is 14.3 Å². The Morgan fingerprint density at radius 3 is 2.55 bits per heavy atom. The van der Waals surface area contributed by atoms with Gasteiger partial charge in [0.05, 0.1) is 7.11 Å². The van der Waals surface area contributed by atoms with Gasteiger partial charge in [-0.2, -0.15) is 0 Å². The number of hydrogen-bond acceptors (Lipinski definition) is 5. The molecule has 6 heteroatoms. The van der Waals surface area contributed by atoms with Crippen LogP contribution in [-0.4, -0.2) is 35.1 Å². The summed E-state index contributed by atoms with van der Waals surface area (Å²) < 4.78 is 11.0. The number of carbonyl (C=O) groups is 1. The van der Waals surface area contributed by atoms with E-state index in [-0.39, 0.29) is 18.1 Å². The van der Waals surface area contributed by atoms with E-state index in [0.717, 1.165) is 38.5 Å². The van der Waals surface area contributed by atoms with Gasteiger partial charge in [-0.25, -0.2) is 9.97 Å². The van der Waals surface area contributed by atoms with Crippen molar-refractivity contribution in [1.29, 1.82) is 0 Å². The molecule has 1 aromatic heterocycles. The smallest absolute Gasteiger partial charge is 0.278 e. The lowest BCUT2D eigenvalue weighted by Crippen LogP contribution is -2.39. The summed E-state index contributed by atoms with van der Waals surface area (Å²) in [5.74, 6) is 1.03. The first kappa shape index (κ1) is 16.5. The molecule has 1 aliphatic rings. The minimum Gasteiger partial charge on any atom is -0.477 e. The van der Waals surface area contributed by atoms with E-state index in [4.69, 9.17) is 9.47 Å². The number of rotatable bonds is 7. The van der Waals surface area contributed by atoms with Gasteiger partial charge in [-0.3, -0.25) is 4.79 Å². The van der Waals surface area contributed by atoms with E-state index in [0.29, 0.717) is 18.2 Å². The van der Waals surface area contributed by atoms with E-state index < -0.39 is 0 Å². The summed E-state index contributed by atoms with van der Waals surface area (Å²) in [6.07, 6.45) is 9.59. The second kappa shape index (κ2) is 8.56. The van der Waals surface area contributed by atoms with Crippen molar-refractivity contribution in [2.24, 2.45) is 0 Å². The van der Waals surface area contributed by atoms with Crippen LogP contribution in [-0.2, 0) is 4.79 Å². The zero-order valence-corrected chi connectivity index (χ0v) is 13.4. The lowest BCUT2D eigenvalue weighted by atomic mass is 9.93. The molecule has 1 N–H and O–H groups in total. The molecule has 0 aliphatic heterocycles. The number of aromatic nitrogens is 2. The monoisotopic (exact) mass is 307 g/mol. The quantitative estimate of drug-likeness (QED) is 0.837. The number of carbonyl (C=O) groups excluding carboxylic acids is 1. The molecule has 22 heavy (non-hydrogen) atoms. The predicted octanol–water partition coefficient (Wildman–Crippen LogP) is 2.48. The summed E-state index contributed by atoms with van der Waals surface area (Å²) in [5.41, 5.74) is 0. The number of methoxy groups -OCH3 is 1. The molecule has 1 saturated carbocycles.